The molecule has 0 bridgehead atoms. The highest BCUT2D eigenvalue weighted by molar-refractivity contribution is 5.77. The van der Waals surface area contributed by atoms with E-state index in [0.717, 1.165) is 0 Å². The minimum Gasteiger partial charge on any atom is -0.465 e. The average molecular weight is 231 g/mol. The second kappa shape index (κ2) is 6.48. The predicted molar refractivity (Wildman–Crippen MR) is 59.9 cm³/mol. The zero-order valence-corrected chi connectivity index (χ0v) is 10.6. The molecule has 0 heterocycles. The highest BCUT2D eigenvalue weighted by atomic mass is 16.6. The molecule has 1 atom stereocenters. The van der Waals surface area contributed by atoms with E-state index in [-0.39, 0.29) is 18.5 Å². The summed E-state index contributed by atoms with van der Waals surface area (Å²) in [5.74, 6) is -0.755. The molecule has 5 nitrogen and oxygen atoms in total. The van der Waals surface area contributed by atoms with Crippen molar-refractivity contribution in [1.82, 2.24) is 5.32 Å². The van der Waals surface area contributed by atoms with Gasteiger partial charge in [-0.3, -0.25) is 14.9 Å². The molecular weight excluding hydrogens is 210 g/mol. The van der Waals surface area contributed by atoms with E-state index >= 15 is 0 Å². The van der Waals surface area contributed by atoms with Gasteiger partial charge >= 0.3 is 11.9 Å². The molecule has 0 aromatic heterocycles. The van der Waals surface area contributed by atoms with Crippen molar-refractivity contribution in [2.75, 3.05) is 13.2 Å². The Balaban J connectivity index is 3.93. The number of carbonyl (C=O) groups excluding carboxylic acids is 2. The van der Waals surface area contributed by atoms with Gasteiger partial charge in [0.1, 0.15) is 11.6 Å². The number of carbonyl (C=O) groups is 2. The Kier molecular flexibility index (Phi) is 6.03. The van der Waals surface area contributed by atoms with Gasteiger partial charge in [0.25, 0.3) is 0 Å². The Morgan fingerprint density at radius 2 is 1.88 bits per heavy atom. The lowest BCUT2D eigenvalue weighted by Gasteiger charge is -2.22. The van der Waals surface area contributed by atoms with Crippen LogP contribution in [0.4, 0.5) is 0 Å². The molecule has 0 spiro atoms. The lowest BCUT2D eigenvalue weighted by atomic mass is 10.2. The third-order valence-electron chi connectivity index (χ3n) is 1.62. The second-order valence-electron chi connectivity index (χ2n) is 4.44. The maximum absolute atomic E-state index is 11.5. The number of nitrogens with one attached hydrogen (secondary N) is 1. The molecule has 94 valence electrons. The maximum atomic E-state index is 11.5. The van der Waals surface area contributed by atoms with Gasteiger partial charge in [-0.15, -0.1) is 0 Å². The second-order valence-corrected chi connectivity index (χ2v) is 4.44. The van der Waals surface area contributed by atoms with Crippen LogP contribution >= 0.6 is 0 Å². The molecule has 0 aromatic rings. The summed E-state index contributed by atoms with van der Waals surface area (Å²) in [6, 6.07) is -0.524. The zero-order chi connectivity index (χ0) is 12.8. The number of hydrogen-bond donors (Lipinski definition) is 1. The van der Waals surface area contributed by atoms with Crippen LogP contribution in [0.1, 0.15) is 34.6 Å². The maximum Gasteiger partial charge on any atom is 0.323 e. The molecule has 0 saturated heterocycles. The van der Waals surface area contributed by atoms with Gasteiger partial charge in [0.15, 0.2) is 0 Å². The van der Waals surface area contributed by atoms with Gasteiger partial charge in [-0.2, -0.15) is 0 Å². The predicted octanol–water partition coefficient (Wildman–Crippen LogP) is 0.869. The summed E-state index contributed by atoms with van der Waals surface area (Å²) in [6.45, 7) is 9.10. The van der Waals surface area contributed by atoms with E-state index in [9.17, 15) is 9.59 Å². The molecule has 16 heavy (non-hydrogen) atoms. The van der Waals surface area contributed by atoms with Gasteiger partial charge in [-0.05, 0) is 34.6 Å². The summed E-state index contributed by atoms with van der Waals surface area (Å²) in [4.78, 5) is 22.5. The van der Waals surface area contributed by atoms with Crippen LogP contribution in [-0.2, 0) is 19.1 Å². The van der Waals surface area contributed by atoms with Gasteiger partial charge in [-0.25, -0.2) is 0 Å². The fraction of sp³-hybridized carbons (Fsp3) is 0.818. The minimum atomic E-state index is -0.524. The van der Waals surface area contributed by atoms with Gasteiger partial charge in [0.05, 0.1) is 13.2 Å². The molecule has 0 unspecified atom stereocenters. The van der Waals surface area contributed by atoms with E-state index in [0.29, 0.717) is 6.61 Å². The molecule has 0 aliphatic carbocycles. The quantitative estimate of drug-likeness (QED) is 0.711. The molecule has 0 saturated carbocycles. The molecule has 0 aromatic carbocycles. The Labute approximate surface area is 96.5 Å². The Bertz CT molecular complexity index is 245. The first kappa shape index (κ1) is 14.9. The van der Waals surface area contributed by atoms with Crippen LogP contribution in [0, 0.1) is 0 Å². The topological polar surface area (TPSA) is 64.6 Å². The average Bonchev–Trinajstić information content (AvgIpc) is 2.11. The smallest absolute Gasteiger partial charge is 0.323 e. The Morgan fingerprint density at radius 3 is 2.31 bits per heavy atom. The SMILES string of the molecule is CCOC(=O)CN[C@@H](C)C(=O)OC(C)(C)C. The molecule has 0 fully saturated rings. The summed E-state index contributed by atoms with van der Waals surface area (Å²) < 4.78 is 9.86. The van der Waals surface area contributed by atoms with E-state index in [1.807, 2.05) is 0 Å². The van der Waals surface area contributed by atoms with E-state index in [4.69, 9.17) is 9.47 Å². The summed E-state index contributed by atoms with van der Waals surface area (Å²) in [5, 5.41) is 2.74. The molecule has 1 N–H and O–H groups in total. The summed E-state index contributed by atoms with van der Waals surface area (Å²) in [7, 11) is 0. The number of ether oxygens (including phenoxy) is 2. The van der Waals surface area contributed by atoms with Crippen molar-refractivity contribution >= 4 is 11.9 Å². The van der Waals surface area contributed by atoms with E-state index in [1.54, 1.807) is 34.6 Å². The van der Waals surface area contributed by atoms with Crippen LogP contribution in [0.5, 0.6) is 0 Å². The summed E-state index contributed by atoms with van der Waals surface area (Å²) >= 11 is 0. The Morgan fingerprint density at radius 1 is 1.31 bits per heavy atom. The summed E-state index contributed by atoms with van der Waals surface area (Å²) in [5.41, 5.74) is -0.517. The third-order valence-corrected chi connectivity index (χ3v) is 1.62. The van der Waals surface area contributed by atoms with Gasteiger partial charge in [-0.1, -0.05) is 0 Å². The van der Waals surface area contributed by atoms with Gasteiger partial charge in [0.2, 0.25) is 0 Å². The highest BCUT2D eigenvalue weighted by Gasteiger charge is 2.21. The first-order valence-electron chi connectivity index (χ1n) is 5.38. The first-order valence-corrected chi connectivity index (χ1v) is 5.38. The molecule has 0 radical (unpaired) electrons. The third kappa shape index (κ3) is 7.23. The molecule has 0 amide bonds. The van der Waals surface area contributed by atoms with Crippen LogP contribution in [-0.4, -0.2) is 36.7 Å². The molecule has 5 heteroatoms. The normalized spacial score (nSPS) is 13.1. The zero-order valence-electron chi connectivity index (χ0n) is 10.6. The van der Waals surface area contributed by atoms with Crippen molar-refractivity contribution in [2.24, 2.45) is 0 Å². The minimum absolute atomic E-state index is 0.00818. The van der Waals surface area contributed by atoms with Gasteiger partial charge in [0, 0.05) is 0 Å². The van der Waals surface area contributed by atoms with Crippen LogP contribution in [0.25, 0.3) is 0 Å². The largest absolute Gasteiger partial charge is 0.465 e. The van der Waals surface area contributed by atoms with E-state index in [2.05, 4.69) is 5.32 Å². The molecule has 0 rings (SSSR count). The number of esters is 2. The van der Waals surface area contributed by atoms with Gasteiger partial charge < -0.3 is 9.47 Å². The Hall–Kier alpha value is -1.10. The number of rotatable bonds is 5. The van der Waals surface area contributed by atoms with E-state index in [1.165, 1.54) is 0 Å². The van der Waals surface area contributed by atoms with Crippen LogP contribution < -0.4 is 5.32 Å². The van der Waals surface area contributed by atoms with Crippen LogP contribution in [0.2, 0.25) is 0 Å². The highest BCUT2D eigenvalue weighted by Crippen LogP contribution is 2.08. The molecule has 0 aliphatic heterocycles. The van der Waals surface area contributed by atoms with Crippen molar-refractivity contribution in [3.8, 4) is 0 Å². The standard InChI is InChI=1S/C11H21NO4/c1-6-15-9(13)7-12-8(2)10(14)16-11(3,4)5/h8,12H,6-7H2,1-5H3/t8-/m0/s1. The lowest BCUT2D eigenvalue weighted by Crippen LogP contribution is -2.41. The van der Waals surface area contributed by atoms with Crippen molar-refractivity contribution in [1.29, 1.82) is 0 Å². The van der Waals surface area contributed by atoms with Crippen molar-refractivity contribution in [3.63, 3.8) is 0 Å². The fourth-order valence-corrected chi connectivity index (χ4v) is 0.922. The van der Waals surface area contributed by atoms with Crippen molar-refractivity contribution in [3.05, 3.63) is 0 Å². The molecule has 0 aliphatic rings. The first-order chi connectivity index (χ1) is 7.26. The fourth-order valence-electron chi connectivity index (χ4n) is 0.922. The number of hydrogen-bond acceptors (Lipinski definition) is 5. The lowest BCUT2D eigenvalue weighted by molar-refractivity contribution is -0.157. The molecular formula is C11H21NO4. The van der Waals surface area contributed by atoms with Crippen molar-refractivity contribution < 1.29 is 19.1 Å². The monoisotopic (exact) mass is 231 g/mol. The summed E-state index contributed by atoms with van der Waals surface area (Å²) in [6.07, 6.45) is 0. The van der Waals surface area contributed by atoms with E-state index < -0.39 is 11.6 Å². The van der Waals surface area contributed by atoms with Crippen molar-refractivity contribution in [2.45, 2.75) is 46.3 Å². The van der Waals surface area contributed by atoms with Crippen LogP contribution in [0.3, 0.4) is 0 Å². The van der Waals surface area contributed by atoms with Crippen LogP contribution in [0.15, 0.2) is 0 Å².